The van der Waals surface area contributed by atoms with E-state index in [1.165, 1.54) is 12.1 Å². The molecule has 0 aliphatic carbocycles. The number of carboxylic acid groups (broad SMARTS) is 3. The van der Waals surface area contributed by atoms with Gasteiger partial charge in [0.2, 0.25) is 11.9 Å². The van der Waals surface area contributed by atoms with Gasteiger partial charge in [-0.05, 0) is 48.9 Å². The number of benzene rings is 1. The number of H-pyrrole nitrogens is 2. The number of anilines is 1. The van der Waals surface area contributed by atoms with Crippen LogP contribution in [0.5, 0.6) is 0 Å². The van der Waals surface area contributed by atoms with Gasteiger partial charge in [0.25, 0.3) is 11.5 Å². The second kappa shape index (κ2) is 13.0. The molecule has 0 aliphatic rings. The predicted octanol–water partition coefficient (Wildman–Crippen LogP) is 0.0160. The van der Waals surface area contributed by atoms with Crippen molar-refractivity contribution >= 4 is 46.7 Å². The quantitative estimate of drug-likeness (QED) is 0.131. The number of aromatic nitrogens is 3. The first-order valence-corrected chi connectivity index (χ1v) is 12.2. The van der Waals surface area contributed by atoms with Crippen LogP contribution in [-0.4, -0.2) is 72.1 Å². The third kappa shape index (κ3) is 7.89. The number of hydrogen-bond donors (Lipinski definition) is 8. The molecule has 0 spiro atoms. The fraction of sp³-hybridized carbons (Fsp3) is 0.320. The highest BCUT2D eigenvalue weighted by Crippen LogP contribution is 2.16. The summed E-state index contributed by atoms with van der Waals surface area (Å²) in [6.45, 7) is 0. The third-order valence-corrected chi connectivity index (χ3v) is 6.08. The Bertz CT molecular complexity index is 1480. The molecule has 40 heavy (non-hydrogen) atoms. The zero-order chi connectivity index (χ0) is 29.4. The maximum Gasteiger partial charge on any atom is 0.326 e. The fourth-order valence-corrected chi connectivity index (χ4v) is 3.99. The van der Waals surface area contributed by atoms with Crippen molar-refractivity contribution in [3.8, 4) is 0 Å². The van der Waals surface area contributed by atoms with Gasteiger partial charge < -0.3 is 36.7 Å². The molecule has 0 unspecified atom stereocenters. The molecule has 0 radical (unpaired) electrons. The summed E-state index contributed by atoms with van der Waals surface area (Å²) in [5.74, 6) is -5.50. The first kappa shape index (κ1) is 29.3. The summed E-state index contributed by atoms with van der Waals surface area (Å²) in [6.07, 6.45) is 1.18. The SMILES string of the molecule is Nc1nc2[nH]cc(CCc3ccc(C(=O)N[C@@H](CCC(=O)N[C@H](CCC(=O)O)C(=O)O)C(=O)O)cc3)c2c(=O)[nH]1. The van der Waals surface area contributed by atoms with Crippen LogP contribution in [0.2, 0.25) is 0 Å². The summed E-state index contributed by atoms with van der Waals surface area (Å²) in [4.78, 5) is 79.9. The van der Waals surface area contributed by atoms with Crippen molar-refractivity contribution in [2.75, 3.05) is 5.73 Å². The van der Waals surface area contributed by atoms with Gasteiger partial charge in [-0.15, -0.1) is 0 Å². The van der Waals surface area contributed by atoms with Crippen LogP contribution in [0.3, 0.4) is 0 Å². The van der Waals surface area contributed by atoms with Crippen LogP contribution >= 0.6 is 0 Å². The van der Waals surface area contributed by atoms with E-state index < -0.39 is 54.6 Å². The van der Waals surface area contributed by atoms with Crippen LogP contribution in [0.25, 0.3) is 11.0 Å². The zero-order valence-electron chi connectivity index (χ0n) is 21.1. The van der Waals surface area contributed by atoms with Crippen LogP contribution in [0.15, 0.2) is 35.3 Å². The number of aliphatic carboxylic acids is 3. The molecule has 9 N–H and O–H groups in total. The number of hydrogen-bond acceptors (Lipinski definition) is 8. The van der Waals surface area contributed by atoms with Crippen LogP contribution in [0, 0.1) is 0 Å². The van der Waals surface area contributed by atoms with Gasteiger partial charge in [0.05, 0.1) is 5.39 Å². The van der Waals surface area contributed by atoms with E-state index in [0.717, 1.165) is 11.1 Å². The lowest BCUT2D eigenvalue weighted by molar-refractivity contribution is -0.143. The third-order valence-electron chi connectivity index (χ3n) is 6.08. The molecule has 2 aromatic heterocycles. The van der Waals surface area contributed by atoms with Crippen molar-refractivity contribution in [2.24, 2.45) is 0 Å². The highest BCUT2D eigenvalue weighted by atomic mass is 16.4. The average molecular weight is 557 g/mol. The van der Waals surface area contributed by atoms with Crippen molar-refractivity contribution in [2.45, 2.75) is 50.6 Å². The Balaban J connectivity index is 1.54. The summed E-state index contributed by atoms with van der Waals surface area (Å²) >= 11 is 0. The Labute approximate surface area is 225 Å². The minimum atomic E-state index is -1.44. The molecule has 3 aromatic rings. The number of fused-ring (bicyclic) bond motifs is 1. The van der Waals surface area contributed by atoms with Gasteiger partial charge in [-0.1, -0.05) is 12.1 Å². The van der Waals surface area contributed by atoms with Gasteiger partial charge in [0.15, 0.2) is 0 Å². The normalized spacial score (nSPS) is 12.4. The maximum atomic E-state index is 12.6. The number of amides is 2. The lowest BCUT2D eigenvalue weighted by Crippen LogP contribution is -2.44. The second-order valence-corrected chi connectivity index (χ2v) is 8.98. The van der Waals surface area contributed by atoms with Crippen molar-refractivity contribution in [1.29, 1.82) is 0 Å². The molecule has 3 rings (SSSR count). The fourth-order valence-electron chi connectivity index (χ4n) is 3.99. The number of carbonyl (C=O) groups excluding carboxylic acids is 2. The number of rotatable bonds is 14. The van der Waals surface area contributed by atoms with E-state index in [1.807, 2.05) is 0 Å². The topological polar surface area (TPSA) is 258 Å². The van der Waals surface area contributed by atoms with Crippen molar-refractivity contribution in [3.05, 3.63) is 57.5 Å². The standard InChI is InChI=1S/C25H28N6O9/c26-25-30-20-19(22(36)31-25)14(11-27-20)6-3-12-1-4-13(5-2-12)21(35)29-16(24(39)40)7-9-17(32)28-15(23(37)38)8-10-18(33)34/h1-2,4-5,11,15-16H,3,6-10H2,(H,28,32)(H,29,35)(H,33,34)(H,37,38)(H,39,40)(H4,26,27,30,31,36)/t15-,16+/m1/s1. The monoisotopic (exact) mass is 556 g/mol. The van der Waals surface area contributed by atoms with Gasteiger partial charge in [-0.25, -0.2) is 9.59 Å². The van der Waals surface area contributed by atoms with E-state index in [2.05, 4.69) is 25.6 Å². The molecule has 2 atom stereocenters. The first-order chi connectivity index (χ1) is 18.9. The number of aromatic amines is 2. The van der Waals surface area contributed by atoms with E-state index in [0.29, 0.717) is 23.9 Å². The highest BCUT2D eigenvalue weighted by Gasteiger charge is 2.24. The number of carboxylic acids is 3. The summed E-state index contributed by atoms with van der Waals surface area (Å²) < 4.78 is 0. The largest absolute Gasteiger partial charge is 0.481 e. The predicted molar refractivity (Wildman–Crippen MR) is 140 cm³/mol. The molecule has 0 fully saturated rings. The van der Waals surface area contributed by atoms with E-state index in [1.54, 1.807) is 18.3 Å². The molecule has 0 saturated carbocycles. The summed E-state index contributed by atoms with van der Waals surface area (Å²) in [5.41, 5.74) is 7.37. The smallest absolute Gasteiger partial charge is 0.326 e. The van der Waals surface area contributed by atoms with Gasteiger partial charge in [0.1, 0.15) is 17.7 Å². The van der Waals surface area contributed by atoms with Crippen LogP contribution in [0.4, 0.5) is 5.95 Å². The molecular formula is C25H28N6O9. The number of aryl methyl sites for hydroxylation is 2. The summed E-state index contributed by atoms with van der Waals surface area (Å²) in [6, 6.07) is 3.55. The van der Waals surface area contributed by atoms with E-state index in [-0.39, 0.29) is 29.9 Å². The first-order valence-electron chi connectivity index (χ1n) is 12.2. The van der Waals surface area contributed by atoms with Gasteiger partial charge in [-0.3, -0.25) is 24.2 Å². The molecule has 2 amide bonds. The number of nitrogens with two attached hydrogens (primary N) is 1. The minimum Gasteiger partial charge on any atom is -0.481 e. The van der Waals surface area contributed by atoms with Gasteiger partial charge in [-0.2, -0.15) is 4.98 Å². The maximum absolute atomic E-state index is 12.6. The Hall–Kier alpha value is -5.21. The van der Waals surface area contributed by atoms with Gasteiger partial charge >= 0.3 is 17.9 Å². The number of nitrogens with zero attached hydrogens (tertiary/aromatic N) is 1. The molecule has 212 valence electrons. The molecule has 15 heteroatoms. The Morgan fingerprint density at radius 1 is 0.900 bits per heavy atom. The van der Waals surface area contributed by atoms with E-state index >= 15 is 0 Å². The van der Waals surface area contributed by atoms with Gasteiger partial charge in [0, 0.05) is 24.6 Å². The highest BCUT2D eigenvalue weighted by molar-refractivity contribution is 5.96. The minimum absolute atomic E-state index is 0.00739. The molecular weight excluding hydrogens is 528 g/mol. The molecule has 0 aliphatic heterocycles. The molecule has 0 saturated heterocycles. The number of carbonyl (C=O) groups is 5. The van der Waals surface area contributed by atoms with Crippen LogP contribution < -0.4 is 21.9 Å². The molecule has 0 bridgehead atoms. The zero-order valence-corrected chi connectivity index (χ0v) is 21.1. The summed E-state index contributed by atoms with van der Waals surface area (Å²) in [5, 5.41) is 32.2. The molecule has 15 nitrogen and oxygen atoms in total. The molecule has 2 heterocycles. The van der Waals surface area contributed by atoms with Crippen molar-refractivity contribution < 1.29 is 39.3 Å². The Morgan fingerprint density at radius 2 is 1.52 bits per heavy atom. The second-order valence-electron chi connectivity index (χ2n) is 8.98. The Morgan fingerprint density at radius 3 is 2.15 bits per heavy atom. The van der Waals surface area contributed by atoms with Crippen LogP contribution in [-0.2, 0) is 32.0 Å². The van der Waals surface area contributed by atoms with E-state index in [4.69, 9.17) is 15.9 Å². The van der Waals surface area contributed by atoms with Crippen molar-refractivity contribution in [1.82, 2.24) is 25.6 Å². The summed E-state index contributed by atoms with van der Waals surface area (Å²) in [7, 11) is 0. The lowest BCUT2D eigenvalue weighted by atomic mass is 10.0. The number of nitrogens with one attached hydrogen (secondary N) is 4. The lowest BCUT2D eigenvalue weighted by Gasteiger charge is -2.16. The average Bonchev–Trinajstić information content (AvgIpc) is 3.30. The van der Waals surface area contributed by atoms with Crippen molar-refractivity contribution in [3.63, 3.8) is 0 Å². The van der Waals surface area contributed by atoms with Crippen LogP contribution in [0.1, 0.15) is 47.2 Å². The Kier molecular flexibility index (Phi) is 9.56. The molecule has 1 aromatic carbocycles. The van der Waals surface area contributed by atoms with E-state index in [9.17, 15) is 33.9 Å². The number of nitrogen functional groups attached to an aromatic ring is 1.